The zero-order valence-corrected chi connectivity index (χ0v) is 40.8. The van der Waals surface area contributed by atoms with Crippen LogP contribution in [0.5, 0.6) is 0 Å². The van der Waals surface area contributed by atoms with E-state index in [1.54, 1.807) is 20.1 Å². The number of rotatable bonds is 16. The van der Waals surface area contributed by atoms with Crippen molar-refractivity contribution in [3.8, 4) is 0 Å². The van der Waals surface area contributed by atoms with Gasteiger partial charge in [-0.05, 0) is 51.5 Å². The second-order valence-electron chi connectivity index (χ2n) is 17.1. The summed E-state index contributed by atoms with van der Waals surface area (Å²) >= 11 is 0. The number of hydrogen-bond acceptors (Lipinski definition) is 12. The van der Waals surface area contributed by atoms with Crippen LogP contribution in [0.4, 0.5) is 0 Å². The average Bonchev–Trinajstić information content (AvgIpc) is 3.31. The van der Waals surface area contributed by atoms with E-state index in [0.717, 1.165) is 17.5 Å². The number of carboxylic acid groups (broad SMARTS) is 3. The van der Waals surface area contributed by atoms with Crippen molar-refractivity contribution in [1.82, 2.24) is 36.8 Å². The van der Waals surface area contributed by atoms with Crippen LogP contribution in [0.25, 0.3) is 0 Å². The lowest BCUT2D eigenvalue weighted by molar-refractivity contribution is -0.144. The molecular weight excluding hydrogens is 929 g/mol. The summed E-state index contributed by atoms with van der Waals surface area (Å²) in [6, 6.07) is 0.195. The van der Waals surface area contributed by atoms with Gasteiger partial charge in [0.15, 0.2) is 5.96 Å². The number of allylic oxidation sites excluding steroid dienone is 2. The Kier molecular flexibility index (Phi) is 24.6. The van der Waals surface area contributed by atoms with Crippen LogP contribution in [0, 0.1) is 11.8 Å². The number of ether oxygens (including phenoxy) is 1. The summed E-state index contributed by atoms with van der Waals surface area (Å²) in [6.07, 6.45) is 2.10. The van der Waals surface area contributed by atoms with Crippen molar-refractivity contribution in [1.29, 1.82) is 0 Å². The summed E-state index contributed by atoms with van der Waals surface area (Å²) in [4.78, 5) is 136. The molecule has 0 aromatic heterocycles. The number of aliphatic carboxylic acids is 3. The van der Waals surface area contributed by atoms with Crippen LogP contribution in [0.2, 0.25) is 0 Å². The topological polar surface area (TPSA) is 380 Å². The van der Waals surface area contributed by atoms with Crippen LogP contribution >= 0.6 is 0 Å². The highest BCUT2D eigenvalue weighted by Crippen LogP contribution is 2.18. The Bertz CT molecular complexity index is 2200. The Morgan fingerprint density at radius 1 is 0.859 bits per heavy atom. The Morgan fingerprint density at radius 3 is 2.06 bits per heavy atom. The molecule has 1 aliphatic rings. The molecule has 1 aromatic carbocycles. The van der Waals surface area contributed by atoms with Crippen LogP contribution in [0.1, 0.15) is 78.2 Å². The molecule has 24 heteroatoms. The Balaban J connectivity index is 2.69. The van der Waals surface area contributed by atoms with Gasteiger partial charge < -0.3 is 68.3 Å². The number of nitrogens with one attached hydrogen (secondary N) is 6. The van der Waals surface area contributed by atoms with Gasteiger partial charge in [-0.3, -0.25) is 43.3 Å². The molecule has 9 atom stereocenters. The zero-order chi connectivity index (χ0) is 53.5. The number of likely N-dealkylation sites (N-methyl/N-ethyl adjacent to an activating group) is 1. The lowest BCUT2D eigenvalue weighted by Gasteiger charge is -2.27. The van der Waals surface area contributed by atoms with Crippen molar-refractivity contribution in [2.45, 2.75) is 121 Å². The maximum atomic E-state index is 14.2. The van der Waals surface area contributed by atoms with Gasteiger partial charge in [0.2, 0.25) is 35.4 Å². The SMILES string of the molecule is C=C1C(=O)NC(C)C(=O)NC(CCC(=O)O)C(=O)NC(C(=O)O)CC(=O)NC(CCCN=C(N)N)C(=O)NC(C=CC(C)=CC(C)C(Cc2ccccc2)OC)C(C)C(=O)NC(C(=O)O)CCC(=O)N1C. The lowest BCUT2D eigenvalue weighted by atomic mass is 9.94. The number of carbonyl (C=O) groups is 10. The summed E-state index contributed by atoms with van der Waals surface area (Å²) in [5.74, 6) is -13.2. The molecule has 71 heavy (non-hydrogen) atoms. The van der Waals surface area contributed by atoms with E-state index in [0.29, 0.717) is 12.0 Å². The Hall–Kier alpha value is -7.63. The summed E-state index contributed by atoms with van der Waals surface area (Å²) in [5, 5.41) is 43.8. The number of guanidine groups is 1. The molecule has 0 bridgehead atoms. The molecule has 2 rings (SSSR count). The number of aliphatic imine (C=N–C) groups is 1. The fourth-order valence-corrected chi connectivity index (χ4v) is 7.09. The first kappa shape index (κ1) is 59.5. The highest BCUT2D eigenvalue weighted by Gasteiger charge is 2.34. The molecule has 390 valence electrons. The minimum atomic E-state index is -2.00. The first-order valence-corrected chi connectivity index (χ1v) is 22.8. The molecule has 0 spiro atoms. The molecule has 24 nitrogen and oxygen atoms in total. The molecule has 0 saturated carbocycles. The first-order valence-electron chi connectivity index (χ1n) is 22.8. The molecule has 9 unspecified atom stereocenters. The van der Waals surface area contributed by atoms with Gasteiger partial charge in [-0.25, -0.2) is 9.59 Å². The number of nitrogens with zero attached hydrogens (tertiary/aromatic N) is 2. The summed E-state index contributed by atoms with van der Waals surface area (Å²) in [6.45, 7) is 9.87. The van der Waals surface area contributed by atoms with E-state index in [-0.39, 0.29) is 37.4 Å². The largest absolute Gasteiger partial charge is 0.481 e. The van der Waals surface area contributed by atoms with Crippen LogP contribution in [-0.4, -0.2) is 148 Å². The van der Waals surface area contributed by atoms with Gasteiger partial charge in [-0.2, -0.15) is 0 Å². The molecule has 1 aromatic rings. The number of methoxy groups -OCH3 is 1. The fourth-order valence-electron chi connectivity index (χ4n) is 7.09. The van der Waals surface area contributed by atoms with Gasteiger partial charge >= 0.3 is 17.9 Å². The van der Waals surface area contributed by atoms with Gasteiger partial charge in [0.25, 0.3) is 5.91 Å². The van der Waals surface area contributed by atoms with Gasteiger partial charge in [0.1, 0.15) is 35.9 Å². The normalized spacial score (nSPS) is 24.1. The maximum absolute atomic E-state index is 14.2. The Labute approximate surface area is 411 Å². The van der Waals surface area contributed by atoms with Crippen molar-refractivity contribution in [2.24, 2.45) is 28.3 Å². The predicted molar refractivity (Wildman–Crippen MR) is 257 cm³/mol. The van der Waals surface area contributed by atoms with Gasteiger partial charge in [-0.1, -0.05) is 74.6 Å². The van der Waals surface area contributed by atoms with E-state index in [1.165, 1.54) is 19.9 Å². The number of hydrogen-bond donors (Lipinski definition) is 11. The molecule has 1 fully saturated rings. The monoisotopic (exact) mass is 996 g/mol. The van der Waals surface area contributed by atoms with Crippen molar-refractivity contribution in [3.63, 3.8) is 0 Å². The number of nitrogens with two attached hydrogens (primary N) is 2. The van der Waals surface area contributed by atoms with E-state index in [2.05, 4.69) is 43.5 Å². The quantitative estimate of drug-likeness (QED) is 0.0317. The van der Waals surface area contributed by atoms with Crippen molar-refractivity contribution in [2.75, 3.05) is 20.7 Å². The van der Waals surface area contributed by atoms with Crippen molar-refractivity contribution < 1.29 is 68.0 Å². The molecule has 13 N–H and O–H groups in total. The lowest BCUT2D eigenvalue weighted by Crippen LogP contribution is -2.56. The Morgan fingerprint density at radius 2 is 1.46 bits per heavy atom. The summed E-state index contributed by atoms with van der Waals surface area (Å²) in [7, 11) is 2.75. The zero-order valence-electron chi connectivity index (χ0n) is 40.8. The molecule has 1 aliphatic heterocycles. The van der Waals surface area contributed by atoms with Gasteiger partial charge in [0.05, 0.1) is 24.5 Å². The number of amides is 7. The van der Waals surface area contributed by atoms with Crippen LogP contribution in [0.15, 0.2) is 71.4 Å². The van der Waals surface area contributed by atoms with E-state index >= 15 is 0 Å². The van der Waals surface area contributed by atoms with Gasteiger partial charge in [0, 0.05) is 39.5 Å². The minimum Gasteiger partial charge on any atom is -0.481 e. The highest BCUT2D eigenvalue weighted by atomic mass is 16.5. The second-order valence-corrected chi connectivity index (χ2v) is 17.1. The molecular formula is C47H68N10O14. The molecule has 0 aliphatic carbocycles. The van der Waals surface area contributed by atoms with E-state index in [9.17, 15) is 63.3 Å². The minimum absolute atomic E-state index is 0.0123. The summed E-state index contributed by atoms with van der Waals surface area (Å²) in [5.41, 5.74) is 12.2. The van der Waals surface area contributed by atoms with Crippen molar-refractivity contribution in [3.05, 3.63) is 72.0 Å². The smallest absolute Gasteiger partial charge is 0.326 e. The van der Waals surface area contributed by atoms with Crippen molar-refractivity contribution >= 4 is 65.2 Å². The first-order chi connectivity index (χ1) is 33.3. The van der Waals surface area contributed by atoms with E-state index < -0.39 is 139 Å². The standard InChI is InChI=1S/C47H68N10O14/c1-25(22-26(2)36(71-7)23-30-12-9-8-10-13-30)15-16-31-27(3)40(62)55-34(45(67)68)17-19-38(59)57(6)29(5)42(64)51-28(4)41(63)54-33(18-20-39(60)61)44(66)56-35(46(69)70)24-37(58)52-32(43(65)53-31)14-11-21-50-47(48)49/h8-10,12-13,15-16,22,26-28,31-36H,5,11,14,17-21,23-24H2,1-4,6-7H3,(H,51,64)(H,52,58)(H,53,65)(H,54,63)(H,55,62)(H,56,66)(H,60,61)(H,67,68)(H,69,70)(H4,48,49,50). The second kappa shape index (κ2) is 29.4. The number of carboxylic acids is 3. The fraction of sp³-hybridized carbons (Fsp3) is 0.511. The third kappa shape index (κ3) is 20.9. The van der Waals surface area contributed by atoms with Crippen LogP contribution in [-0.2, 0) is 59.1 Å². The van der Waals surface area contributed by atoms with Crippen LogP contribution in [0.3, 0.4) is 0 Å². The predicted octanol–water partition coefficient (Wildman–Crippen LogP) is -0.809. The number of carbonyl (C=O) groups excluding carboxylic acids is 7. The molecule has 1 saturated heterocycles. The average molecular weight is 997 g/mol. The van der Waals surface area contributed by atoms with Gasteiger partial charge in [-0.15, -0.1) is 0 Å². The third-order valence-corrected chi connectivity index (χ3v) is 11.4. The summed E-state index contributed by atoms with van der Waals surface area (Å²) < 4.78 is 5.79. The maximum Gasteiger partial charge on any atom is 0.326 e. The molecule has 7 amide bonds. The highest BCUT2D eigenvalue weighted by molar-refractivity contribution is 6.00. The van der Waals surface area contributed by atoms with E-state index in [1.807, 2.05) is 43.3 Å². The number of benzene rings is 1. The van der Waals surface area contributed by atoms with Crippen LogP contribution < -0.4 is 43.4 Å². The van der Waals surface area contributed by atoms with E-state index in [4.69, 9.17) is 16.2 Å². The molecule has 0 radical (unpaired) electrons. The third-order valence-electron chi connectivity index (χ3n) is 11.4. The molecule has 1 heterocycles.